The van der Waals surface area contributed by atoms with Gasteiger partial charge in [-0.15, -0.1) is 0 Å². The average Bonchev–Trinajstić information content (AvgIpc) is 3.27. The molecule has 0 saturated carbocycles. The normalized spacial score (nSPS) is 12.5. The highest BCUT2D eigenvalue weighted by molar-refractivity contribution is 5.76. The van der Waals surface area contributed by atoms with Crippen molar-refractivity contribution in [1.29, 1.82) is 0 Å². The highest BCUT2D eigenvalue weighted by Gasteiger charge is 2.20. The summed E-state index contributed by atoms with van der Waals surface area (Å²) in [6.07, 6.45) is 59.5. The second-order valence-corrected chi connectivity index (χ2v) is 19.6. The second-order valence-electron chi connectivity index (χ2n) is 19.6. The van der Waals surface area contributed by atoms with Gasteiger partial charge in [0.1, 0.15) is 0 Å². The summed E-state index contributed by atoms with van der Waals surface area (Å²) in [4.78, 5) is 24.4. The standard InChI is InChI=1S/C56H111NO5/c1-3-5-7-9-11-13-15-28-32-36-40-44-48-54(59)53(52-58)57-55(60)49-45-41-37-33-29-26-24-22-20-18-17-19-21-23-25-27-31-35-39-43-47-51-62-56(61)50-46-42-38-34-30-16-14-12-10-8-6-4-2/h53-54,58-59H,3-52H2,1-2H3,(H,57,60). The van der Waals surface area contributed by atoms with Crippen LogP contribution in [0.2, 0.25) is 0 Å². The molecule has 370 valence electrons. The van der Waals surface area contributed by atoms with E-state index in [1.54, 1.807) is 0 Å². The van der Waals surface area contributed by atoms with Gasteiger partial charge in [0.25, 0.3) is 0 Å². The van der Waals surface area contributed by atoms with Crippen molar-refractivity contribution in [1.82, 2.24) is 5.32 Å². The van der Waals surface area contributed by atoms with E-state index in [2.05, 4.69) is 19.2 Å². The van der Waals surface area contributed by atoms with E-state index < -0.39 is 12.1 Å². The Bertz CT molecular complexity index is 882. The number of hydrogen-bond donors (Lipinski definition) is 3. The van der Waals surface area contributed by atoms with Crippen LogP contribution in [-0.2, 0) is 14.3 Å². The van der Waals surface area contributed by atoms with Gasteiger partial charge in [0.2, 0.25) is 5.91 Å². The van der Waals surface area contributed by atoms with Gasteiger partial charge in [-0.2, -0.15) is 0 Å². The molecule has 0 saturated heterocycles. The van der Waals surface area contributed by atoms with Crippen LogP contribution in [0, 0.1) is 0 Å². The molecule has 0 heterocycles. The fourth-order valence-electron chi connectivity index (χ4n) is 9.05. The van der Waals surface area contributed by atoms with Crippen LogP contribution in [0.15, 0.2) is 0 Å². The van der Waals surface area contributed by atoms with Gasteiger partial charge in [-0.25, -0.2) is 0 Å². The fraction of sp³-hybridized carbons (Fsp3) is 0.964. The van der Waals surface area contributed by atoms with Crippen molar-refractivity contribution in [3.05, 3.63) is 0 Å². The van der Waals surface area contributed by atoms with Crippen LogP contribution >= 0.6 is 0 Å². The minimum Gasteiger partial charge on any atom is -0.466 e. The third-order valence-electron chi connectivity index (χ3n) is 13.4. The van der Waals surface area contributed by atoms with E-state index in [1.807, 2.05) is 0 Å². The Morgan fingerprint density at radius 2 is 0.661 bits per heavy atom. The van der Waals surface area contributed by atoms with E-state index in [9.17, 15) is 19.8 Å². The van der Waals surface area contributed by atoms with Gasteiger partial charge in [0.15, 0.2) is 0 Å². The molecule has 0 aromatic heterocycles. The Morgan fingerprint density at radius 1 is 0.387 bits per heavy atom. The molecule has 6 nitrogen and oxygen atoms in total. The Hall–Kier alpha value is -1.14. The van der Waals surface area contributed by atoms with Crippen LogP contribution < -0.4 is 5.32 Å². The van der Waals surface area contributed by atoms with Gasteiger partial charge in [0, 0.05) is 12.8 Å². The maximum Gasteiger partial charge on any atom is 0.305 e. The number of aliphatic hydroxyl groups is 2. The molecule has 3 N–H and O–H groups in total. The topological polar surface area (TPSA) is 95.9 Å². The van der Waals surface area contributed by atoms with Crippen molar-refractivity contribution in [3.8, 4) is 0 Å². The Balaban J connectivity index is 3.36. The molecule has 2 unspecified atom stereocenters. The Kier molecular flexibility index (Phi) is 51.5. The first-order chi connectivity index (χ1) is 30.5. The third-order valence-corrected chi connectivity index (χ3v) is 13.4. The van der Waals surface area contributed by atoms with Crippen molar-refractivity contribution in [3.63, 3.8) is 0 Å². The molecule has 62 heavy (non-hydrogen) atoms. The Labute approximate surface area is 387 Å². The first-order valence-corrected chi connectivity index (χ1v) is 28.3. The number of carbonyl (C=O) groups is 2. The molecule has 0 aromatic rings. The summed E-state index contributed by atoms with van der Waals surface area (Å²) in [6.45, 7) is 4.96. The molecule has 2 atom stereocenters. The van der Waals surface area contributed by atoms with Gasteiger partial charge in [-0.05, 0) is 25.7 Å². The molecule has 0 spiro atoms. The summed E-state index contributed by atoms with van der Waals surface area (Å²) in [5, 5.41) is 23.2. The van der Waals surface area contributed by atoms with Crippen LogP contribution in [0.4, 0.5) is 0 Å². The van der Waals surface area contributed by atoms with Gasteiger partial charge in [-0.1, -0.05) is 284 Å². The number of amides is 1. The van der Waals surface area contributed by atoms with Crippen molar-refractivity contribution >= 4 is 11.9 Å². The highest BCUT2D eigenvalue weighted by Crippen LogP contribution is 2.18. The van der Waals surface area contributed by atoms with Gasteiger partial charge < -0.3 is 20.3 Å². The van der Waals surface area contributed by atoms with Crippen LogP contribution in [0.25, 0.3) is 0 Å². The van der Waals surface area contributed by atoms with E-state index in [0.29, 0.717) is 25.9 Å². The second kappa shape index (κ2) is 52.5. The van der Waals surface area contributed by atoms with Crippen LogP contribution in [0.5, 0.6) is 0 Å². The minimum absolute atomic E-state index is 0.0133. The summed E-state index contributed by atoms with van der Waals surface area (Å²) < 4.78 is 5.47. The van der Waals surface area contributed by atoms with Crippen molar-refractivity contribution in [2.45, 2.75) is 334 Å². The van der Waals surface area contributed by atoms with E-state index in [1.165, 1.54) is 250 Å². The summed E-state index contributed by atoms with van der Waals surface area (Å²) in [7, 11) is 0. The molecule has 0 aliphatic rings. The molecule has 0 aromatic carbocycles. The molecule has 0 bridgehead atoms. The summed E-state index contributed by atoms with van der Waals surface area (Å²) >= 11 is 0. The number of carbonyl (C=O) groups excluding carboxylic acids is 2. The first-order valence-electron chi connectivity index (χ1n) is 28.3. The van der Waals surface area contributed by atoms with Crippen molar-refractivity contribution < 1.29 is 24.5 Å². The number of esters is 1. The zero-order valence-corrected chi connectivity index (χ0v) is 42.1. The number of nitrogens with one attached hydrogen (secondary N) is 1. The number of hydrogen-bond acceptors (Lipinski definition) is 5. The average molecular weight is 879 g/mol. The zero-order chi connectivity index (χ0) is 45.1. The Morgan fingerprint density at radius 3 is 0.984 bits per heavy atom. The van der Waals surface area contributed by atoms with Crippen molar-refractivity contribution in [2.24, 2.45) is 0 Å². The van der Waals surface area contributed by atoms with Crippen LogP contribution in [0.1, 0.15) is 322 Å². The van der Waals surface area contributed by atoms with Crippen LogP contribution in [0.3, 0.4) is 0 Å². The quantitative estimate of drug-likeness (QED) is 0.0418. The lowest BCUT2D eigenvalue weighted by molar-refractivity contribution is -0.143. The summed E-state index contributed by atoms with van der Waals surface area (Å²) in [6, 6.07) is -0.539. The lowest BCUT2D eigenvalue weighted by Crippen LogP contribution is -2.45. The maximum absolute atomic E-state index is 12.4. The van der Waals surface area contributed by atoms with Gasteiger partial charge in [-0.3, -0.25) is 9.59 Å². The molecular weight excluding hydrogens is 767 g/mol. The third kappa shape index (κ3) is 48.3. The van der Waals surface area contributed by atoms with E-state index in [-0.39, 0.29) is 18.5 Å². The molecule has 0 radical (unpaired) electrons. The lowest BCUT2D eigenvalue weighted by Gasteiger charge is -2.22. The van der Waals surface area contributed by atoms with Crippen molar-refractivity contribution in [2.75, 3.05) is 13.2 Å². The number of rotatable bonds is 53. The van der Waals surface area contributed by atoms with Gasteiger partial charge >= 0.3 is 5.97 Å². The summed E-state index contributed by atoms with van der Waals surface area (Å²) in [5.41, 5.74) is 0. The fourth-order valence-corrected chi connectivity index (χ4v) is 9.05. The number of ether oxygens (including phenoxy) is 1. The number of aliphatic hydroxyl groups excluding tert-OH is 2. The molecule has 0 aliphatic carbocycles. The SMILES string of the molecule is CCCCCCCCCCCCCCC(=O)OCCCCCCCCCCCCCCCCCCCCCCCC(=O)NC(CO)C(O)CCCCCCCCCCCCCC. The lowest BCUT2D eigenvalue weighted by atomic mass is 10.0. The largest absolute Gasteiger partial charge is 0.466 e. The molecule has 0 aliphatic heterocycles. The predicted octanol–water partition coefficient (Wildman–Crippen LogP) is 17.1. The van der Waals surface area contributed by atoms with Crippen LogP contribution in [-0.4, -0.2) is 47.4 Å². The monoisotopic (exact) mass is 878 g/mol. The predicted molar refractivity (Wildman–Crippen MR) is 269 cm³/mol. The number of unbranched alkanes of at least 4 members (excludes halogenated alkanes) is 42. The first kappa shape index (κ1) is 60.9. The molecule has 0 fully saturated rings. The molecule has 1 amide bonds. The van der Waals surface area contributed by atoms with Gasteiger partial charge in [0.05, 0.1) is 25.4 Å². The smallest absolute Gasteiger partial charge is 0.305 e. The highest BCUT2D eigenvalue weighted by atomic mass is 16.5. The van der Waals surface area contributed by atoms with E-state index in [0.717, 1.165) is 38.5 Å². The van der Waals surface area contributed by atoms with E-state index >= 15 is 0 Å². The molecular formula is C56H111NO5. The van der Waals surface area contributed by atoms with E-state index in [4.69, 9.17) is 4.74 Å². The molecule has 0 rings (SSSR count). The summed E-state index contributed by atoms with van der Waals surface area (Å²) in [5.74, 6) is -0.0215. The molecule has 6 heteroatoms. The maximum atomic E-state index is 12.4. The zero-order valence-electron chi connectivity index (χ0n) is 42.1. The minimum atomic E-state index is -0.662.